The fraction of sp³-hybridized carbons (Fsp3) is 0.400. The summed E-state index contributed by atoms with van der Waals surface area (Å²) in [4.78, 5) is 2.70. The molecule has 0 spiro atoms. The molecule has 2 unspecified atom stereocenters. The van der Waals surface area contributed by atoms with E-state index in [9.17, 15) is 21.6 Å². The van der Waals surface area contributed by atoms with Gasteiger partial charge in [-0.25, -0.2) is 8.42 Å². The van der Waals surface area contributed by atoms with Crippen LogP contribution < -0.4 is 0 Å². The minimum absolute atomic E-state index is 0.0244. The number of hydrogen-bond acceptors (Lipinski definition) is 4. The van der Waals surface area contributed by atoms with Crippen LogP contribution in [0.4, 0.5) is 13.2 Å². The lowest BCUT2D eigenvalue weighted by Gasteiger charge is -2.57. The Bertz CT molecular complexity index is 1410. The van der Waals surface area contributed by atoms with E-state index in [1.165, 1.54) is 6.07 Å². The molecule has 3 atom stereocenters. The number of alkyl halides is 3. The van der Waals surface area contributed by atoms with E-state index in [1.807, 2.05) is 43.3 Å². The van der Waals surface area contributed by atoms with Gasteiger partial charge in [0, 0.05) is 38.2 Å². The highest BCUT2D eigenvalue weighted by atomic mass is 32.2. The summed E-state index contributed by atoms with van der Waals surface area (Å²) in [5.41, 5.74) is 2.28. The molecule has 9 heteroatoms. The van der Waals surface area contributed by atoms with Crippen LogP contribution in [0.2, 0.25) is 0 Å². The van der Waals surface area contributed by atoms with Crippen molar-refractivity contribution in [1.82, 2.24) is 9.21 Å². The number of fused-ring (bicyclic) bond motifs is 1. The molecule has 2 aliphatic heterocycles. The Labute approximate surface area is 228 Å². The van der Waals surface area contributed by atoms with E-state index < -0.39 is 21.8 Å². The van der Waals surface area contributed by atoms with Gasteiger partial charge in [0.15, 0.2) is 0 Å². The predicted octanol–water partition coefficient (Wildman–Crippen LogP) is 5.95. The number of ether oxygens (including phenoxy) is 1. The zero-order valence-electron chi connectivity index (χ0n) is 22.1. The zero-order chi connectivity index (χ0) is 27.8. The quantitative estimate of drug-likeness (QED) is 0.375. The first kappa shape index (κ1) is 27.8. The fourth-order valence-electron chi connectivity index (χ4n) is 6.04. The maximum Gasteiger partial charge on any atom is 0.416 e. The second-order valence-electron chi connectivity index (χ2n) is 10.4. The number of halogens is 3. The average Bonchev–Trinajstić information content (AvgIpc) is 2.89. The summed E-state index contributed by atoms with van der Waals surface area (Å²) in [6.07, 6.45) is -2.73. The van der Waals surface area contributed by atoms with E-state index >= 15 is 0 Å². The molecule has 39 heavy (non-hydrogen) atoms. The Kier molecular flexibility index (Phi) is 7.88. The first-order chi connectivity index (χ1) is 18.6. The molecule has 2 aliphatic rings. The average molecular weight is 559 g/mol. The summed E-state index contributed by atoms with van der Waals surface area (Å²) < 4.78 is 74.3. The fourth-order valence-corrected chi connectivity index (χ4v) is 7.76. The largest absolute Gasteiger partial charge is 0.416 e. The summed E-state index contributed by atoms with van der Waals surface area (Å²) in [6.45, 7) is 4.04. The summed E-state index contributed by atoms with van der Waals surface area (Å²) in [6, 6.07) is 20.1. The standard InChI is InChI=1S/C30H33F3N2O3S/c1-21-8-3-4-11-28(21)39(36,37)34-16-5-6-17-35-26(19-34)29(27(35)20-38-2)23-14-12-22(13-15-23)24-9-7-10-25(18-24)30(31,32)33/h3-4,7-15,18,26-27,29H,5-6,16-17,19-20H2,1-2H3/t26-,27?,29?/m0/s1. The SMILES string of the molecule is COCC1C(c2ccc(-c3cccc(C(F)(F)F)c3)cc2)[C@@H]2CN(S(=O)(=O)c3ccccc3C)CCCCN12. The molecule has 0 saturated carbocycles. The molecular formula is C30H33F3N2O3S. The van der Waals surface area contributed by atoms with Crippen LogP contribution in [0.3, 0.4) is 0 Å². The summed E-state index contributed by atoms with van der Waals surface area (Å²) in [7, 11) is -2.00. The first-order valence-electron chi connectivity index (χ1n) is 13.2. The van der Waals surface area contributed by atoms with E-state index in [4.69, 9.17) is 4.74 Å². The number of rotatable bonds is 6. The van der Waals surface area contributed by atoms with Gasteiger partial charge < -0.3 is 4.74 Å². The molecule has 0 N–H and O–H groups in total. The van der Waals surface area contributed by atoms with Crippen molar-refractivity contribution >= 4 is 10.0 Å². The Morgan fingerprint density at radius 1 is 0.923 bits per heavy atom. The number of methoxy groups -OCH3 is 1. The van der Waals surface area contributed by atoms with Crippen LogP contribution in [0.1, 0.15) is 35.4 Å². The topological polar surface area (TPSA) is 49.9 Å². The number of hydrogen-bond donors (Lipinski definition) is 0. The molecule has 3 aromatic carbocycles. The van der Waals surface area contributed by atoms with Crippen LogP contribution in [0, 0.1) is 6.92 Å². The van der Waals surface area contributed by atoms with Gasteiger partial charge in [-0.2, -0.15) is 17.5 Å². The maximum absolute atomic E-state index is 13.7. The Morgan fingerprint density at radius 3 is 2.33 bits per heavy atom. The van der Waals surface area contributed by atoms with Gasteiger partial charge in [0.25, 0.3) is 0 Å². The van der Waals surface area contributed by atoms with Crippen LogP contribution in [0.15, 0.2) is 77.7 Å². The molecule has 0 radical (unpaired) electrons. The Morgan fingerprint density at radius 2 is 1.64 bits per heavy atom. The smallest absolute Gasteiger partial charge is 0.383 e. The number of aryl methyl sites for hydroxylation is 1. The van der Waals surface area contributed by atoms with Crippen molar-refractivity contribution in [2.75, 3.05) is 33.4 Å². The molecule has 2 fully saturated rings. The van der Waals surface area contributed by atoms with Crippen molar-refractivity contribution < 1.29 is 26.3 Å². The van der Waals surface area contributed by atoms with Crippen LogP contribution in [-0.2, 0) is 20.9 Å². The van der Waals surface area contributed by atoms with Crippen LogP contribution in [0.25, 0.3) is 11.1 Å². The first-order valence-corrected chi connectivity index (χ1v) is 14.6. The van der Waals surface area contributed by atoms with Crippen molar-refractivity contribution in [3.05, 3.63) is 89.5 Å². The van der Waals surface area contributed by atoms with Gasteiger partial charge in [0.05, 0.1) is 17.1 Å². The molecule has 2 saturated heterocycles. The summed E-state index contributed by atoms with van der Waals surface area (Å²) in [5, 5.41) is 0. The number of sulfonamides is 1. The van der Waals surface area contributed by atoms with Crippen LogP contribution in [-0.4, -0.2) is 63.1 Å². The molecular weight excluding hydrogens is 525 g/mol. The second-order valence-corrected chi connectivity index (χ2v) is 12.3. The molecule has 0 aliphatic carbocycles. The van der Waals surface area contributed by atoms with Crippen molar-refractivity contribution in [2.45, 2.75) is 48.8 Å². The lowest BCUT2D eigenvalue weighted by molar-refractivity contribution is -0.137. The van der Waals surface area contributed by atoms with Gasteiger partial charge in [0.1, 0.15) is 0 Å². The van der Waals surface area contributed by atoms with Crippen molar-refractivity contribution in [2.24, 2.45) is 0 Å². The van der Waals surface area contributed by atoms with Gasteiger partial charge in [-0.3, -0.25) is 4.90 Å². The van der Waals surface area contributed by atoms with E-state index in [0.717, 1.165) is 42.6 Å². The molecule has 0 bridgehead atoms. The third-order valence-electron chi connectivity index (χ3n) is 8.01. The van der Waals surface area contributed by atoms with Crippen LogP contribution >= 0.6 is 0 Å². The molecule has 208 valence electrons. The van der Waals surface area contributed by atoms with Crippen molar-refractivity contribution in [1.29, 1.82) is 0 Å². The molecule has 3 aromatic rings. The molecule has 0 aromatic heterocycles. The van der Waals surface area contributed by atoms with Crippen molar-refractivity contribution in [3.63, 3.8) is 0 Å². The van der Waals surface area contributed by atoms with Crippen molar-refractivity contribution in [3.8, 4) is 11.1 Å². The third kappa shape index (κ3) is 5.50. The highest BCUT2D eigenvalue weighted by Gasteiger charge is 2.50. The Balaban J connectivity index is 1.44. The van der Waals surface area contributed by atoms with Gasteiger partial charge >= 0.3 is 6.18 Å². The predicted molar refractivity (Wildman–Crippen MR) is 145 cm³/mol. The maximum atomic E-state index is 13.7. The Hall–Kier alpha value is -2.72. The minimum Gasteiger partial charge on any atom is -0.383 e. The highest BCUT2D eigenvalue weighted by Crippen LogP contribution is 2.43. The highest BCUT2D eigenvalue weighted by molar-refractivity contribution is 7.89. The van der Waals surface area contributed by atoms with Gasteiger partial charge in [-0.15, -0.1) is 0 Å². The summed E-state index contributed by atoms with van der Waals surface area (Å²) in [5.74, 6) is 0.0354. The normalized spacial score (nSPS) is 22.9. The lowest BCUT2D eigenvalue weighted by atomic mass is 9.74. The molecule has 5 nitrogen and oxygen atoms in total. The van der Waals surface area contributed by atoms with Gasteiger partial charge in [-0.1, -0.05) is 54.6 Å². The molecule has 0 amide bonds. The van der Waals surface area contributed by atoms with E-state index in [2.05, 4.69) is 4.90 Å². The molecule has 2 heterocycles. The van der Waals surface area contributed by atoms with E-state index in [-0.39, 0.29) is 18.0 Å². The summed E-state index contributed by atoms with van der Waals surface area (Å²) >= 11 is 0. The van der Waals surface area contributed by atoms with E-state index in [1.54, 1.807) is 29.6 Å². The number of nitrogens with zero attached hydrogens (tertiary/aromatic N) is 2. The number of benzene rings is 3. The van der Waals surface area contributed by atoms with Gasteiger partial charge in [0.2, 0.25) is 10.0 Å². The second kappa shape index (κ2) is 11.0. The third-order valence-corrected chi connectivity index (χ3v) is 10.0. The lowest BCUT2D eigenvalue weighted by Crippen LogP contribution is -2.68. The minimum atomic E-state index is -4.40. The molecule has 5 rings (SSSR count). The van der Waals surface area contributed by atoms with E-state index in [0.29, 0.717) is 35.7 Å². The van der Waals surface area contributed by atoms with Gasteiger partial charge in [-0.05, 0) is 66.8 Å². The van der Waals surface area contributed by atoms with Crippen LogP contribution in [0.5, 0.6) is 0 Å². The zero-order valence-corrected chi connectivity index (χ0v) is 22.9. The monoisotopic (exact) mass is 558 g/mol.